The van der Waals surface area contributed by atoms with Gasteiger partial charge in [-0.15, -0.1) is 0 Å². The van der Waals surface area contributed by atoms with Crippen LogP contribution in [0.3, 0.4) is 0 Å². The monoisotopic (exact) mass is 344 g/mol. The Hall–Kier alpha value is -2.89. The summed E-state index contributed by atoms with van der Waals surface area (Å²) in [4.78, 5) is 12.1. The summed E-state index contributed by atoms with van der Waals surface area (Å²) in [6.07, 6.45) is 0. The molecule has 3 rings (SSSR count). The number of halogens is 2. The van der Waals surface area contributed by atoms with E-state index in [1.165, 1.54) is 6.07 Å². The maximum atomic E-state index is 13.8. The number of para-hydroxylation sites is 1. The molecule has 0 radical (unpaired) electrons. The van der Waals surface area contributed by atoms with Gasteiger partial charge < -0.3 is 15.1 Å². The fourth-order valence-corrected chi connectivity index (χ4v) is 2.65. The van der Waals surface area contributed by atoms with Gasteiger partial charge in [0.25, 0.3) is 0 Å². The average Bonchev–Trinajstić information content (AvgIpc) is 2.98. The van der Waals surface area contributed by atoms with Crippen molar-refractivity contribution in [3.8, 4) is 0 Å². The number of rotatable bonds is 4. The zero-order chi connectivity index (χ0) is 18.0. The number of amides is 2. The minimum atomic E-state index is -0.696. The third-order valence-corrected chi connectivity index (χ3v) is 4.00. The van der Waals surface area contributed by atoms with Gasteiger partial charge in [-0.05, 0) is 32.0 Å². The van der Waals surface area contributed by atoms with Crippen molar-refractivity contribution in [2.24, 2.45) is 0 Å². The molecule has 2 N–H and O–H groups in total. The molecule has 1 heterocycles. The van der Waals surface area contributed by atoms with Crippen LogP contribution >= 0.6 is 0 Å². The quantitative estimate of drug-likeness (QED) is 0.712. The van der Waals surface area contributed by atoms with Crippen LogP contribution in [0.1, 0.15) is 37.3 Å². The van der Waals surface area contributed by atoms with Gasteiger partial charge in [0, 0.05) is 17.0 Å². The smallest absolute Gasteiger partial charge is 0.315 e. The molecule has 3 aromatic rings. The Balaban J connectivity index is 1.65. The maximum Gasteiger partial charge on any atom is 0.315 e. The van der Waals surface area contributed by atoms with E-state index in [0.717, 1.165) is 23.1 Å². The lowest BCUT2D eigenvalue weighted by Gasteiger charge is -2.18. The molecule has 2 amide bonds. The third-order valence-electron chi connectivity index (χ3n) is 4.00. The molecular formula is C19H18F2N2O2. The van der Waals surface area contributed by atoms with Gasteiger partial charge in [0.2, 0.25) is 0 Å². The third kappa shape index (κ3) is 3.79. The molecule has 0 bridgehead atoms. The predicted molar refractivity (Wildman–Crippen MR) is 91.1 cm³/mol. The van der Waals surface area contributed by atoms with Crippen LogP contribution < -0.4 is 10.6 Å². The topological polar surface area (TPSA) is 54.3 Å². The van der Waals surface area contributed by atoms with Crippen LogP contribution in [0.15, 0.2) is 52.9 Å². The van der Waals surface area contributed by atoms with Crippen molar-refractivity contribution in [2.45, 2.75) is 25.9 Å². The molecule has 1 aromatic heterocycles. The number of carbonyl (C=O) groups excluding carboxylic acids is 1. The van der Waals surface area contributed by atoms with E-state index in [0.29, 0.717) is 5.76 Å². The van der Waals surface area contributed by atoms with Crippen molar-refractivity contribution in [1.82, 2.24) is 10.6 Å². The first-order valence-corrected chi connectivity index (χ1v) is 7.94. The van der Waals surface area contributed by atoms with Gasteiger partial charge in [0.15, 0.2) is 0 Å². The second-order valence-electron chi connectivity index (χ2n) is 5.91. The Bertz CT molecular complexity index is 874. The van der Waals surface area contributed by atoms with Gasteiger partial charge in [-0.3, -0.25) is 0 Å². The van der Waals surface area contributed by atoms with Gasteiger partial charge in [-0.1, -0.05) is 24.3 Å². The fourth-order valence-electron chi connectivity index (χ4n) is 2.65. The highest BCUT2D eigenvalue weighted by atomic mass is 19.1. The molecule has 0 saturated carbocycles. The summed E-state index contributed by atoms with van der Waals surface area (Å²) in [6, 6.07) is 11.3. The molecule has 2 aromatic carbocycles. The second kappa shape index (κ2) is 6.93. The van der Waals surface area contributed by atoms with E-state index < -0.39 is 23.7 Å². The van der Waals surface area contributed by atoms with E-state index in [-0.39, 0.29) is 11.6 Å². The van der Waals surface area contributed by atoms with Crippen molar-refractivity contribution in [2.75, 3.05) is 0 Å². The molecular weight excluding hydrogens is 326 g/mol. The lowest BCUT2D eigenvalue weighted by molar-refractivity contribution is 0.233. The Labute approximate surface area is 143 Å². The minimum absolute atomic E-state index is 0.216. The summed E-state index contributed by atoms with van der Waals surface area (Å²) in [5.74, 6) is -0.730. The van der Waals surface area contributed by atoms with Crippen molar-refractivity contribution in [3.63, 3.8) is 0 Å². The Morgan fingerprint density at radius 1 is 1.00 bits per heavy atom. The fraction of sp³-hybridized carbons (Fsp3) is 0.211. The van der Waals surface area contributed by atoms with Crippen LogP contribution in [0.5, 0.6) is 0 Å². The molecule has 6 heteroatoms. The largest absolute Gasteiger partial charge is 0.459 e. The molecule has 0 aliphatic carbocycles. The average molecular weight is 344 g/mol. The number of nitrogens with one attached hydrogen (secondary N) is 2. The minimum Gasteiger partial charge on any atom is -0.459 e. The first kappa shape index (κ1) is 17.0. The molecule has 0 unspecified atom stereocenters. The van der Waals surface area contributed by atoms with E-state index in [4.69, 9.17) is 4.42 Å². The normalized spacial score (nSPS) is 13.4. The molecule has 0 fully saturated rings. The standard InChI is InChI=1S/C19H18F2N2O2/c1-11(15-8-7-14(20)10-16(15)21)22-19(24)23-12(2)18-9-13-5-3-4-6-17(13)25-18/h3-12H,1-2H3,(H2,22,23,24)/t11-,12-/m1/s1. The van der Waals surface area contributed by atoms with Crippen LogP contribution in [0.2, 0.25) is 0 Å². The number of furan rings is 1. The second-order valence-corrected chi connectivity index (χ2v) is 5.91. The maximum absolute atomic E-state index is 13.8. The first-order valence-electron chi connectivity index (χ1n) is 7.94. The van der Waals surface area contributed by atoms with Crippen molar-refractivity contribution in [1.29, 1.82) is 0 Å². The van der Waals surface area contributed by atoms with Crippen LogP contribution in [-0.2, 0) is 0 Å². The summed E-state index contributed by atoms with van der Waals surface area (Å²) < 4.78 is 32.4. The van der Waals surface area contributed by atoms with Crippen molar-refractivity contribution >= 4 is 17.0 Å². The molecule has 0 aliphatic rings. The van der Waals surface area contributed by atoms with Crippen LogP contribution in [0, 0.1) is 11.6 Å². The molecule has 0 spiro atoms. The van der Waals surface area contributed by atoms with E-state index in [1.54, 1.807) is 13.8 Å². The summed E-state index contributed by atoms with van der Waals surface area (Å²) in [5, 5.41) is 6.34. The predicted octanol–water partition coefficient (Wildman–Crippen LogP) is 4.83. The number of benzene rings is 2. The number of fused-ring (bicyclic) bond motifs is 1. The van der Waals surface area contributed by atoms with Crippen molar-refractivity contribution in [3.05, 3.63) is 71.5 Å². The zero-order valence-corrected chi connectivity index (χ0v) is 13.8. The lowest BCUT2D eigenvalue weighted by atomic mass is 10.1. The number of hydrogen-bond donors (Lipinski definition) is 2. The van der Waals surface area contributed by atoms with Crippen LogP contribution in [-0.4, -0.2) is 6.03 Å². The Morgan fingerprint density at radius 3 is 2.44 bits per heavy atom. The Morgan fingerprint density at radius 2 is 1.72 bits per heavy atom. The molecule has 2 atom stereocenters. The van der Waals surface area contributed by atoms with Gasteiger partial charge in [-0.2, -0.15) is 0 Å². The summed E-state index contributed by atoms with van der Waals surface area (Å²) in [6.45, 7) is 3.42. The molecule has 0 saturated heterocycles. The Kier molecular flexibility index (Phi) is 4.70. The molecule has 130 valence electrons. The highest BCUT2D eigenvalue weighted by Gasteiger charge is 2.17. The summed E-state index contributed by atoms with van der Waals surface area (Å²) >= 11 is 0. The molecule has 4 nitrogen and oxygen atoms in total. The van der Waals surface area contributed by atoms with Crippen LogP contribution in [0.4, 0.5) is 13.6 Å². The lowest BCUT2D eigenvalue weighted by Crippen LogP contribution is -2.38. The van der Waals surface area contributed by atoms with Crippen LogP contribution in [0.25, 0.3) is 11.0 Å². The van der Waals surface area contributed by atoms with E-state index >= 15 is 0 Å². The molecule has 0 aliphatic heterocycles. The van der Waals surface area contributed by atoms with E-state index in [1.807, 2.05) is 30.3 Å². The number of carbonyl (C=O) groups is 1. The van der Waals surface area contributed by atoms with Gasteiger partial charge >= 0.3 is 6.03 Å². The highest BCUT2D eigenvalue weighted by Crippen LogP contribution is 2.23. The summed E-state index contributed by atoms with van der Waals surface area (Å²) in [5.41, 5.74) is 0.959. The van der Waals surface area contributed by atoms with Crippen molar-refractivity contribution < 1.29 is 18.0 Å². The van der Waals surface area contributed by atoms with Gasteiger partial charge in [0.1, 0.15) is 23.0 Å². The number of hydrogen-bond acceptors (Lipinski definition) is 2. The number of urea groups is 1. The molecule has 25 heavy (non-hydrogen) atoms. The SMILES string of the molecule is C[C@@H](NC(=O)N[C@H](C)c1ccc(F)cc1F)c1cc2ccccc2o1. The van der Waals surface area contributed by atoms with Gasteiger partial charge in [-0.25, -0.2) is 13.6 Å². The first-order chi connectivity index (χ1) is 11.9. The van der Waals surface area contributed by atoms with E-state index in [2.05, 4.69) is 10.6 Å². The summed E-state index contributed by atoms with van der Waals surface area (Å²) in [7, 11) is 0. The van der Waals surface area contributed by atoms with Gasteiger partial charge in [0.05, 0.1) is 12.1 Å². The highest BCUT2D eigenvalue weighted by molar-refractivity contribution is 5.78. The van der Waals surface area contributed by atoms with E-state index in [9.17, 15) is 13.6 Å². The zero-order valence-electron chi connectivity index (χ0n) is 13.8.